The molecule has 0 aliphatic heterocycles. The van der Waals surface area contributed by atoms with Crippen molar-refractivity contribution in [2.75, 3.05) is 5.32 Å². The van der Waals surface area contributed by atoms with Gasteiger partial charge in [0.2, 0.25) is 5.91 Å². The van der Waals surface area contributed by atoms with Crippen LogP contribution in [-0.2, 0) is 4.79 Å². The van der Waals surface area contributed by atoms with Gasteiger partial charge in [-0.05, 0) is 18.1 Å². The monoisotopic (exact) mass is 338 g/mol. The molecule has 1 rings (SSSR count). The fourth-order valence-electron chi connectivity index (χ4n) is 1.17. The molecular weight excluding hydrogens is 327 g/mol. The molecule has 1 atom stereocenters. The number of halogens is 3. The summed E-state index contributed by atoms with van der Waals surface area (Å²) in [7, 11) is 0. The number of benzene rings is 1. The zero-order valence-electron chi connectivity index (χ0n) is 9.43. The van der Waals surface area contributed by atoms with Gasteiger partial charge in [-0.25, -0.2) is 0 Å². The summed E-state index contributed by atoms with van der Waals surface area (Å²) < 4.78 is 0.749. The van der Waals surface area contributed by atoms with Crippen molar-refractivity contribution in [2.24, 2.45) is 11.7 Å². The van der Waals surface area contributed by atoms with Crippen LogP contribution in [0.2, 0.25) is 10.0 Å². The van der Waals surface area contributed by atoms with Gasteiger partial charge in [0.25, 0.3) is 0 Å². The van der Waals surface area contributed by atoms with Gasteiger partial charge in [-0.1, -0.05) is 53.0 Å². The van der Waals surface area contributed by atoms with Crippen molar-refractivity contribution < 1.29 is 4.79 Å². The topological polar surface area (TPSA) is 55.1 Å². The molecule has 1 aromatic rings. The van der Waals surface area contributed by atoms with Crippen molar-refractivity contribution in [1.82, 2.24) is 0 Å². The van der Waals surface area contributed by atoms with Crippen molar-refractivity contribution in [3.8, 4) is 0 Å². The number of hydrogen-bond donors (Lipinski definition) is 2. The van der Waals surface area contributed by atoms with E-state index in [1.807, 2.05) is 13.8 Å². The van der Waals surface area contributed by atoms with Gasteiger partial charge < -0.3 is 11.1 Å². The van der Waals surface area contributed by atoms with Crippen LogP contribution in [0.25, 0.3) is 0 Å². The van der Waals surface area contributed by atoms with E-state index in [1.54, 1.807) is 12.1 Å². The Labute approximate surface area is 119 Å². The van der Waals surface area contributed by atoms with Gasteiger partial charge in [0.05, 0.1) is 21.8 Å². The fraction of sp³-hybridized carbons (Fsp3) is 0.364. The van der Waals surface area contributed by atoms with Crippen LogP contribution in [0, 0.1) is 5.92 Å². The molecule has 0 aliphatic rings. The van der Waals surface area contributed by atoms with E-state index in [0.29, 0.717) is 15.7 Å². The first kappa shape index (κ1) is 14.8. The Morgan fingerprint density at radius 1 is 1.35 bits per heavy atom. The molecule has 0 saturated carbocycles. The molecule has 0 saturated heterocycles. The molecular formula is C11H13BrCl2N2O. The zero-order chi connectivity index (χ0) is 13.2. The highest BCUT2D eigenvalue weighted by Gasteiger charge is 2.19. The summed E-state index contributed by atoms with van der Waals surface area (Å²) in [6.45, 7) is 3.74. The molecule has 3 N–H and O–H groups in total. The first-order valence-corrected chi connectivity index (χ1v) is 6.58. The van der Waals surface area contributed by atoms with Gasteiger partial charge in [0.15, 0.2) is 0 Å². The predicted octanol–water partition coefficient (Wildman–Crippen LogP) is 3.68. The van der Waals surface area contributed by atoms with E-state index in [9.17, 15) is 4.79 Å². The maximum atomic E-state index is 11.8. The van der Waals surface area contributed by atoms with Crippen LogP contribution < -0.4 is 11.1 Å². The van der Waals surface area contributed by atoms with Crippen LogP contribution in [0.3, 0.4) is 0 Å². The largest absolute Gasteiger partial charge is 0.322 e. The van der Waals surface area contributed by atoms with E-state index >= 15 is 0 Å². The Hall–Kier alpha value is -0.290. The Morgan fingerprint density at radius 3 is 2.24 bits per heavy atom. The first-order valence-electron chi connectivity index (χ1n) is 5.04. The van der Waals surface area contributed by atoms with Crippen molar-refractivity contribution in [3.05, 3.63) is 26.7 Å². The number of anilines is 1. The smallest absolute Gasteiger partial charge is 0.241 e. The maximum absolute atomic E-state index is 11.8. The second-order valence-corrected chi connectivity index (χ2v) is 5.73. The summed E-state index contributed by atoms with van der Waals surface area (Å²) in [5.74, 6) is -0.255. The second kappa shape index (κ2) is 6.05. The summed E-state index contributed by atoms with van der Waals surface area (Å²) in [5, 5.41) is 3.38. The van der Waals surface area contributed by atoms with E-state index in [1.165, 1.54) is 0 Å². The Kier molecular flexibility index (Phi) is 5.25. The molecule has 0 bridgehead atoms. The molecule has 0 unspecified atom stereocenters. The SMILES string of the molecule is CC(C)[C@@H](N)C(=O)Nc1c(Cl)cc(Br)cc1Cl. The number of nitrogens with one attached hydrogen (secondary N) is 1. The van der Waals surface area contributed by atoms with E-state index in [-0.39, 0.29) is 11.8 Å². The second-order valence-electron chi connectivity index (χ2n) is 4.00. The Balaban J connectivity index is 2.93. The van der Waals surface area contributed by atoms with Crippen LogP contribution >= 0.6 is 39.1 Å². The molecule has 0 radical (unpaired) electrons. The maximum Gasteiger partial charge on any atom is 0.241 e. The van der Waals surface area contributed by atoms with Crippen LogP contribution in [0.5, 0.6) is 0 Å². The number of carbonyl (C=O) groups is 1. The average molecular weight is 340 g/mol. The molecule has 1 aromatic carbocycles. The highest BCUT2D eigenvalue weighted by atomic mass is 79.9. The molecule has 0 aromatic heterocycles. The lowest BCUT2D eigenvalue weighted by Gasteiger charge is -2.16. The number of carbonyl (C=O) groups excluding carboxylic acids is 1. The standard InChI is InChI=1S/C11H13BrCl2N2O/c1-5(2)9(15)11(17)16-10-7(13)3-6(12)4-8(10)14/h3-5,9H,15H2,1-2H3,(H,16,17)/t9-/m1/s1. The van der Waals surface area contributed by atoms with Gasteiger partial charge in [-0.15, -0.1) is 0 Å². The van der Waals surface area contributed by atoms with E-state index in [4.69, 9.17) is 28.9 Å². The van der Waals surface area contributed by atoms with Gasteiger partial charge >= 0.3 is 0 Å². The number of hydrogen-bond acceptors (Lipinski definition) is 2. The van der Waals surface area contributed by atoms with E-state index in [0.717, 1.165) is 4.47 Å². The molecule has 3 nitrogen and oxygen atoms in total. The van der Waals surface area contributed by atoms with Gasteiger partial charge in [0.1, 0.15) is 0 Å². The highest BCUT2D eigenvalue weighted by Crippen LogP contribution is 2.33. The summed E-state index contributed by atoms with van der Waals surface area (Å²) >= 11 is 15.2. The molecule has 0 heterocycles. The first-order chi connectivity index (χ1) is 7.82. The molecule has 17 heavy (non-hydrogen) atoms. The zero-order valence-corrected chi connectivity index (χ0v) is 12.5. The quantitative estimate of drug-likeness (QED) is 0.882. The minimum Gasteiger partial charge on any atom is -0.322 e. The number of amides is 1. The van der Waals surface area contributed by atoms with Crippen LogP contribution in [0.1, 0.15) is 13.8 Å². The molecule has 6 heteroatoms. The summed E-state index contributed by atoms with van der Waals surface area (Å²) in [6, 6.07) is 2.72. The summed E-state index contributed by atoms with van der Waals surface area (Å²) in [4.78, 5) is 11.8. The van der Waals surface area contributed by atoms with Crippen molar-refractivity contribution >= 4 is 50.7 Å². The molecule has 0 fully saturated rings. The predicted molar refractivity (Wildman–Crippen MR) is 75.6 cm³/mol. The third-order valence-corrected chi connectivity index (χ3v) is 3.33. The van der Waals surface area contributed by atoms with Gasteiger partial charge in [0, 0.05) is 4.47 Å². The fourth-order valence-corrected chi connectivity index (χ4v) is 2.47. The minimum atomic E-state index is -0.592. The Bertz CT molecular complexity index is 414. The number of rotatable bonds is 3. The van der Waals surface area contributed by atoms with Crippen LogP contribution in [0.15, 0.2) is 16.6 Å². The third-order valence-electron chi connectivity index (χ3n) is 2.28. The lowest BCUT2D eigenvalue weighted by atomic mass is 10.0. The van der Waals surface area contributed by atoms with Gasteiger partial charge in [-0.3, -0.25) is 4.79 Å². The van der Waals surface area contributed by atoms with Crippen LogP contribution in [-0.4, -0.2) is 11.9 Å². The van der Waals surface area contributed by atoms with Gasteiger partial charge in [-0.2, -0.15) is 0 Å². The Morgan fingerprint density at radius 2 is 1.82 bits per heavy atom. The van der Waals surface area contributed by atoms with Crippen molar-refractivity contribution in [1.29, 1.82) is 0 Å². The number of nitrogens with two attached hydrogens (primary N) is 1. The molecule has 0 spiro atoms. The summed E-state index contributed by atoms with van der Waals surface area (Å²) in [6.07, 6.45) is 0. The lowest BCUT2D eigenvalue weighted by Crippen LogP contribution is -2.39. The van der Waals surface area contributed by atoms with E-state index in [2.05, 4.69) is 21.2 Å². The third kappa shape index (κ3) is 3.85. The highest BCUT2D eigenvalue weighted by molar-refractivity contribution is 9.10. The average Bonchev–Trinajstić information content (AvgIpc) is 2.21. The van der Waals surface area contributed by atoms with Crippen molar-refractivity contribution in [2.45, 2.75) is 19.9 Å². The summed E-state index contributed by atoms with van der Waals surface area (Å²) in [5.41, 5.74) is 6.12. The minimum absolute atomic E-state index is 0.0444. The van der Waals surface area contributed by atoms with Crippen molar-refractivity contribution in [3.63, 3.8) is 0 Å². The molecule has 0 aliphatic carbocycles. The van der Waals surface area contributed by atoms with E-state index < -0.39 is 6.04 Å². The normalized spacial score (nSPS) is 12.6. The van der Waals surface area contributed by atoms with Crippen LogP contribution in [0.4, 0.5) is 5.69 Å². The molecule has 1 amide bonds. The molecule has 94 valence electrons. The lowest BCUT2D eigenvalue weighted by molar-refractivity contribution is -0.118.